The largest absolute Gasteiger partial charge is 0.385 e. The molecule has 0 spiro atoms. The molecule has 15 heavy (non-hydrogen) atoms. The highest BCUT2D eigenvalue weighted by Crippen LogP contribution is 2.32. The average Bonchev–Trinajstić information content (AvgIpc) is 2.17. The fourth-order valence-electron chi connectivity index (χ4n) is 2.40. The first-order valence-corrected chi connectivity index (χ1v) is 5.63. The van der Waals surface area contributed by atoms with Gasteiger partial charge in [-0.1, -0.05) is 29.8 Å². The van der Waals surface area contributed by atoms with Crippen molar-refractivity contribution in [1.82, 2.24) is 5.32 Å². The molecule has 1 aliphatic rings. The van der Waals surface area contributed by atoms with Crippen molar-refractivity contribution in [3.8, 4) is 0 Å². The van der Waals surface area contributed by atoms with Crippen molar-refractivity contribution in [2.45, 2.75) is 38.3 Å². The monoisotopic (exact) mass is 205 g/mol. The molecule has 1 fully saturated rings. The van der Waals surface area contributed by atoms with Gasteiger partial charge < -0.3 is 10.4 Å². The van der Waals surface area contributed by atoms with Crippen LogP contribution in [0.3, 0.4) is 0 Å². The Hall–Kier alpha value is -0.860. The highest BCUT2D eigenvalue weighted by molar-refractivity contribution is 5.28. The Morgan fingerprint density at radius 2 is 2.27 bits per heavy atom. The molecule has 1 saturated heterocycles. The zero-order valence-electron chi connectivity index (χ0n) is 9.46. The van der Waals surface area contributed by atoms with Gasteiger partial charge in [0, 0.05) is 6.04 Å². The Labute approximate surface area is 91.3 Å². The maximum absolute atomic E-state index is 10.6. The zero-order chi connectivity index (χ0) is 10.9. The van der Waals surface area contributed by atoms with Crippen LogP contribution in [0.4, 0.5) is 0 Å². The lowest BCUT2D eigenvalue weighted by Gasteiger charge is -2.36. The number of hydrogen-bond donors (Lipinski definition) is 2. The summed E-state index contributed by atoms with van der Waals surface area (Å²) in [4.78, 5) is 0. The highest BCUT2D eigenvalue weighted by atomic mass is 16.3. The van der Waals surface area contributed by atoms with E-state index in [-0.39, 0.29) is 0 Å². The van der Waals surface area contributed by atoms with Gasteiger partial charge in [0.2, 0.25) is 0 Å². The molecule has 2 heteroatoms. The van der Waals surface area contributed by atoms with Crippen molar-refractivity contribution in [3.05, 3.63) is 35.4 Å². The number of aryl methyl sites for hydroxylation is 1. The lowest BCUT2D eigenvalue weighted by atomic mass is 9.82. The summed E-state index contributed by atoms with van der Waals surface area (Å²) in [7, 11) is 0. The number of benzene rings is 1. The second-order valence-corrected chi connectivity index (χ2v) is 4.71. The van der Waals surface area contributed by atoms with Crippen molar-refractivity contribution < 1.29 is 5.11 Å². The van der Waals surface area contributed by atoms with E-state index in [2.05, 4.69) is 31.3 Å². The SMILES string of the molecule is Cc1cccc(C2(O)CCNC(C)C2)c1. The molecule has 0 radical (unpaired) electrons. The molecule has 82 valence electrons. The van der Waals surface area contributed by atoms with E-state index in [1.807, 2.05) is 12.1 Å². The van der Waals surface area contributed by atoms with E-state index in [0.717, 1.165) is 24.9 Å². The summed E-state index contributed by atoms with van der Waals surface area (Å²) >= 11 is 0. The normalized spacial score (nSPS) is 31.5. The summed E-state index contributed by atoms with van der Waals surface area (Å²) in [6.07, 6.45) is 1.61. The Balaban J connectivity index is 2.28. The van der Waals surface area contributed by atoms with E-state index in [1.54, 1.807) is 0 Å². The molecule has 2 rings (SSSR count). The molecule has 0 amide bonds. The lowest BCUT2D eigenvalue weighted by molar-refractivity contribution is -0.00651. The molecule has 0 aromatic heterocycles. The maximum atomic E-state index is 10.6. The van der Waals surface area contributed by atoms with Gasteiger partial charge in [0.05, 0.1) is 5.60 Å². The van der Waals surface area contributed by atoms with Gasteiger partial charge in [-0.05, 0) is 38.8 Å². The van der Waals surface area contributed by atoms with Gasteiger partial charge >= 0.3 is 0 Å². The molecule has 1 aliphatic heterocycles. The van der Waals surface area contributed by atoms with E-state index < -0.39 is 5.60 Å². The van der Waals surface area contributed by atoms with Gasteiger partial charge in [0.25, 0.3) is 0 Å². The van der Waals surface area contributed by atoms with E-state index in [1.165, 1.54) is 5.56 Å². The maximum Gasteiger partial charge on any atom is 0.0923 e. The van der Waals surface area contributed by atoms with E-state index >= 15 is 0 Å². The molecule has 1 heterocycles. The number of hydrogen-bond acceptors (Lipinski definition) is 2. The Morgan fingerprint density at radius 3 is 2.93 bits per heavy atom. The molecular weight excluding hydrogens is 186 g/mol. The van der Waals surface area contributed by atoms with Gasteiger partial charge in [-0.15, -0.1) is 0 Å². The molecule has 0 aliphatic carbocycles. The molecule has 2 N–H and O–H groups in total. The fraction of sp³-hybridized carbons (Fsp3) is 0.538. The van der Waals surface area contributed by atoms with Crippen molar-refractivity contribution >= 4 is 0 Å². The van der Waals surface area contributed by atoms with Crippen LogP contribution in [0.1, 0.15) is 30.9 Å². The molecule has 2 nitrogen and oxygen atoms in total. The van der Waals surface area contributed by atoms with Crippen LogP contribution in [0, 0.1) is 6.92 Å². The third-order valence-electron chi connectivity index (χ3n) is 3.23. The third-order valence-corrected chi connectivity index (χ3v) is 3.23. The van der Waals surface area contributed by atoms with Gasteiger partial charge in [-0.3, -0.25) is 0 Å². The van der Waals surface area contributed by atoms with Gasteiger partial charge in [0.1, 0.15) is 0 Å². The van der Waals surface area contributed by atoms with E-state index in [0.29, 0.717) is 6.04 Å². The van der Waals surface area contributed by atoms with Crippen LogP contribution >= 0.6 is 0 Å². The van der Waals surface area contributed by atoms with Crippen molar-refractivity contribution in [2.75, 3.05) is 6.54 Å². The van der Waals surface area contributed by atoms with Crippen LogP contribution in [0.2, 0.25) is 0 Å². The van der Waals surface area contributed by atoms with Crippen LogP contribution in [0.15, 0.2) is 24.3 Å². The number of nitrogens with one attached hydrogen (secondary N) is 1. The summed E-state index contributed by atoms with van der Waals surface area (Å²) in [6.45, 7) is 5.09. The Bertz CT molecular complexity index is 350. The number of rotatable bonds is 1. The number of piperidine rings is 1. The van der Waals surface area contributed by atoms with Gasteiger partial charge in [-0.2, -0.15) is 0 Å². The molecule has 0 bridgehead atoms. The van der Waals surface area contributed by atoms with Crippen LogP contribution in [-0.2, 0) is 5.60 Å². The topological polar surface area (TPSA) is 32.3 Å². The van der Waals surface area contributed by atoms with Crippen LogP contribution in [0.25, 0.3) is 0 Å². The quantitative estimate of drug-likeness (QED) is 0.734. The van der Waals surface area contributed by atoms with Gasteiger partial charge in [0.15, 0.2) is 0 Å². The zero-order valence-corrected chi connectivity index (χ0v) is 9.46. The van der Waals surface area contributed by atoms with E-state index in [4.69, 9.17) is 0 Å². The molecule has 2 unspecified atom stereocenters. The van der Waals surface area contributed by atoms with Crippen LogP contribution in [0.5, 0.6) is 0 Å². The molecule has 1 aromatic carbocycles. The summed E-state index contributed by atoms with van der Waals surface area (Å²) in [5.74, 6) is 0. The smallest absolute Gasteiger partial charge is 0.0923 e. The lowest BCUT2D eigenvalue weighted by Crippen LogP contribution is -2.44. The molecule has 1 aromatic rings. The standard InChI is InChI=1S/C13H19NO/c1-10-4-3-5-12(8-10)13(15)6-7-14-11(2)9-13/h3-5,8,11,14-15H,6-7,9H2,1-2H3. The minimum Gasteiger partial charge on any atom is -0.385 e. The van der Waals surface area contributed by atoms with Gasteiger partial charge in [-0.25, -0.2) is 0 Å². The summed E-state index contributed by atoms with van der Waals surface area (Å²) < 4.78 is 0. The predicted molar refractivity (Wildman–Crippen MR) is 61.8 cm³/mol. The molecular formula is C13H19NO. The Morgan fingerprint density at radius 1 is 1.47 bits per heavy atom. The fourth-order valence-corrected chi connectivity index (χ4v) is 2.40. The van der Waals surface area contributed by atoms with Crippen molar-refractivity contribution in [1.29, 1.82) is 0 Å². The molecule has 2 atom stereocenters. The minimum atomic E-state index is -0.628. The predicted octanol–water partition coefficient (Wildman–Crippen LogP) is 1.95. The summed E-state index contributed by atoms with van der Waals surface area (Å²) in [5, 5.41) is 14.0. The average molecular weight is 205 g/mol. The first kappa shape index (κ1) is 10.7. The van der Waals surface area contributed by atoms with E-state index in [9.17, 15) is 5.11 Å². The second-order valence-electron chi connectivity index (χ2n) is 4.71. The number of aliphatic hydroxyl groups is 1. The summed E-state index contributed by atoms with van der Waals surface area (Å²) in [5.41, 5.74) is 1.65. The first-order valence-electron chi connectivity index (χ1n) is 5.63. The minimum absolute atomic E-state index is 0.393. The highest BCUT2D eigenvalue weighted by Gasteiger charge is 2.33. The first-order chi connectivity index (χ1) is 7.10. The molecule has 0 saturated carbocycles. The van der Waals surface area contributed by atoms with Crippen molar-refractivity contribution in [3.63, 3.8) is 0 Å². The summed E-state index contributed by atoms with van der Waals surface area (Å²) in [6, 6.07) is 8.61. The van der Waals surface area contributed by atoms with Crippen molar-refractivity contribution in [2.24, 2.45) is 0 Å². The second kappa shape index (κ2) is 3.95. The van der Waals surface area contributed by atoms with Crippen LogP contribution < -0.4 is 5.32 Å². The third kappa shape index (κ3) is 2.21. The Kier molecular flexibility index (Phi) is 2.81. The van der Waals surface area contributed by atoms with Crippen LogP contribution in [-0.4, -0.2) is 17.7 Å².